The molecule has 0 aliphatic heterocycles. The molecule has 1 heterocycles. The number of carbonyl (C=O) groups is 2. The number of benzene rings is 2. The van der Waals surface area contributed by atoms with Crippen molar-refractivity contribution in [3.05, 3.63) is 62.4 Å². The topological polar surface area (TPSA) is 84.2 Å². The summed E-state index contributed by atoms with van der Waals surface area (Å²) in [4.78, 5) is 26.2. The van der Waals surface area contributed by atoms with Crippen LogP contribution in [-0.2, 0) is 12.8 Å². The van der Waals surface area contributed by atoms with Gasteiger partial charge in [0.25, 0.3) is 11.8 Å². The molecule has 4 rings (SSSR count). The van der Waals surface area contributed by atoms with Gasteiger partial charge in [0.2, 0.25) is 0 Å². The first-order valence-corrected chi connectivity index (χ1v) is 11.7. The lowest BCUT2D eigenvalue weighted by Gasteiger charge is -2.11. The molecule has 8 heteroatoms. The highest BCUT2D eigenvalue weighted by atomic mass is 79.9. The highest BCUT2D eigenvalue weighted by Gasteiger charge is 2.24. The molecule has 0 bridgehead atoms. The third-order valence-electron chi connectivity index (χ3n) is 5.24. The number of nitrogens with two attached hydrogens (primary N) is 1. The van der Waals surface area contributed by atoms with E-state index in [0.29, 0.717) is 16.1 Å². The minimum absolute atomic E-state index is 0.144. The van der Waals surface area contributed by atoms with Crippen molar-refractivity contribution >= 4 is 72.2 Å². The Morgan fingerprint density at radius 3 is 2.57 bits per heavy atom. The summed E-state index contributed by atoms with van der Waals surface area (Å²) in [5.74, 6) is -0.778. The molecule has 0 unspecified atom stereocenters. The fraction of sp³-hybridized carbons (Fsp3) is 0.227. The average molecular weight is 502 g/mol. The Kier molecular flexibility index (Phi) is 6.17. The first-order chi connectivity index (χ1) is 14.5. The number of anilines is 1. The van der Waals surface area contributed by atoms with Gasteiger partial charge in [-0.3, -0.25) is 14.9 Å². The van der Waals surface area contributed by atoms with Gasteiger partial charge in [0.1, 0.15) is 5.00 Å². The van der Waals surface area contributed by atoms with E-state index in [1.54, 1.807) is 6.07 Å². The molecule has 5 nitrogen and oxygen atoms in total. The van der Waals surface area contributed by atoms with Gasteiger partial charge in [-0.15, -0.1) is 11.3 Å². The molecular formula is C22H20BrN3O2S2. The van der Waals surface area contributed by atoms with Crippen molar-refractivity contribution in [2.24, 2.45) is 5.73 Å². The molecule has 1 aliphatic rings. The number of rotatable bonds is 3. The van der Waals surface area contributed by atoms with Crippen molar-refractivity contribution < 1.29 is 9.59 Å². The second kappa shape index (κ2) is 8.83. The maximum atomic E-state index is 12.9. The summed E-state index contributed by atoms with van der Waals surface area (Å²) in [6, 6.07) is 11.3. The summed E-state index contributed by atoms with van der Waals surface area (Å²) in [5.41, 5.74) is 7.73. The Bertz CT molecular complexity index is 1170. The fourth-order valence-electron chi connectivity index (χ4n) is 3.87. The Labute approximate surface area is 192 Å². The van der Waals surface area contributed by atoms with Crippen LogP contribution >= 0.6 is 39.5 Å². The number of thiophene rings is 1. The van der Waals surface area contributed by atoms with Crippen molar-refractivity contribution in [2.75, 3.05) is 5.32 Å². The summed E-state index contributed by atoms with van der Waals surface area (Å²) in [5, 5.41) is 8.30. The number of hydrogen-bond acceptors (Lipinski definition) is 4. The van der Waals surface area contributed by atoms with Crippen LogP contribution in [0.5, 0.6) is 0 Å². The molecule has 0 saturated heterocycles. The number of primary amides is 1. The van der Waals surface area contributed by atoms with Gasteiger partial charge < -0.3 is 11.1 Å². The van der Waals surface area contributed by atoms with E-state index < -0.39 is 5.91 Å². The van der Waals surface area contributed by atoms with E-state index in [-0.39, 0.29) is 11.0 Å². The third kappa shape index (κ3) is 4.12. The number of hydrogen-bond donors (Lipinski definition) is 3. The van der Waals surface area contributed by atoms with Gasteiger partial charge in [0.05, 0.1) is 5.56 Å². The SMILES string of the molecule is NC(=O)c1c(NC(=S)NC(=O)c2cccc3c(Br)cccc23)sc2c1CCCCC2. The zero-order valence-corrected chi connectivity index (χ0v) is 19.3. The van der Waals surface area contributed by atoms with Gasteiger partial charge in [-0.25, -0.2) is 0 Å². The molecule has 2 aromatic carbocycles. The lowest BCUT2D eigenvalue weighted by molar-refractivity contribution is 0.0977. The van der Waals surface area contributed by atoms with E-state index >= 15 is 0 Å². The van der Waals surface area contributed by atoms with Crippen LogP contribution in [0, 0.1) is 0 Å². The highest BCUT2D eigenvalue weighted by Crippen LogP contribution is 2.37. The van der Waals surface area contributed by atoms with Gasteiger partial charge in [-0.05, 0) is 66.4 Å². The lowest BCUT2D eigenvalue weighted by Crippen LogP contribution is -2.34. The van der Waals surface area contributed by atoms with Crippen molar-refractivity contribution in [3.8, 4) is 0 Å². The van der Waals surface area contributed by atoms with E-state index in [9.17, 15) is 9.59 Å². The Hall–Kier alpha value is -2.29. The Balaban J connectivity index is 1.57. The van der Waals surface area contributed by atoms with Crippen molar-refractivity contribution in [2.45, 2.75) is 32.1 Å². The van der Waals surface area contributed by atoms with Crippen molar-refractivity contribution in [1.82, 2.24) is 5.32 Å². The fourth-order valence-corrected chi connectivity index (χ4v) is 5.92. The minimum Gasteiger partial charge on any atom is -0.365 e. The van der Waals surface area contributed by atoms with Crippen LogP contribution in [0.3, 0.4) is 0 Å². The monoisotopic (exact) mass is 501 g/mol. The van der Waals surface area contributed by atoms with Crippen LogP contribution in [0.2, 0.25) is 0 Å². The molecule has 1 aliphatic carbocycles. The molecule has 30 heavy (non-hydrogen) atoms. The van der Waals surface area contributed by atoms with E-state index in [0.717, 1.165) is 52.9 Å². The largest absolute Gasteiger partial charge is 0.365 e. The molecule has 0 radical (unpaired) electrons. The maximum absolute atomic E-state index is 12.9. The minimum atomic E-state index is -0.468. The van der Waals surface area contributed by atoms with Crippen molar-refractivity contribution in [3.63, 3.8) is 0 Å². The molecule has 0 fully saturated rings. The standard InChI is InChI=1S/C22H20BrN3O2S2/c23-16-10-5-7-12-13(16)8-4-9-14(12)20(28)25-22(29)26-21-18(19(24)27)15-6-2-1-3-11-17(15)30-21/h4-5,7-10H,1-3,6,11H2,(H2,24,27)(H2,25,26,28,29). The summed E-state index contributed by atoms with van der Waals surface area (Å²) in [6.07, 6.45) is 5.07. The molecule has 3 aromatic rings. The van der Waals surface area contributed by atoms with Crippen LogP contribution < -0.4 is 16.4 Å². The molecule has 0 atom stereocenters. The van der Waals surface area contributed by atoms with E-state index in [1.807, 2.05) is 30.3 Å². The predicted molar refractivity (Wildman–Crippen MR) is 129 cm³/mol. The normalized spacial score (nSPS) is 13.4. The predicted octanol–water partition coefficient (Wildman–Crippen LogP) is 5.16. The summed E-state index contributed by atoms with van der Waals surface area (Å²) in [6.45, 7) is 0. The number of thiocarbonyl (C=S) groups is 1. The van der Waals surface area contributed by atoms with Gasteiger partial charge >= 0.3 is 0 Å². The average Bonchev–Trinajstić information content (AvgIpc) is 2.88. The zero-order chi connectivity index (χ0) is 21.3. The molecule has 0 saturated carbocycles. The number of amides is 2. The zero-order valence-electron chi connectivity index (χ0n) is 16.1. The number of halogens is 1. The summed E-state index contributed by atoms with van der Waals surface area (Å²) in [7, 11) is 0. The van der Waals surface area contributed by atoms with E-state index in [1.165, 1.54) is 16.2 Å². The van der Waals surface area contributed by atoms with Crippen LogP contribution in [0.4, 0.5) is 5.00 Å². The Morgan fingerprint density at radius 1 is 1.03 bits per heavy atom. The molecule has 4 N–H and O–H groups in total. The second-order valence-electron chi connectivity index (χ2n) is 7.18. The van der Waals surface area contributed by atoms with Crippen LogP contribution in [0.15, 0.2) is 40.9 Å². The Morgan fingerprint density at radius 2 is 1.77 bits per heavy atom. The first-order valence-electron chi connectivity index (χ1n) is 9.69. The smallest absolute Gasteiger partial charge is 0.258 e. The summed E-state index contributed by atoms with van der Waals surface area (Å²) >= 11 is 10.4. The highest BCUT2D eigenvalue weighted by molar-refractivity contribution is 9.10. The lowest BCUT2D eigenvalue weighted by atomic mass is 10.0. The van der Waals surface area contributed by atoms with E-state index in [2.05, 4.69) is 26.6 Å². The van der Waals surface area contributed by atoms with E-state index in [4.69, 9.17) is 18.0 Å². The summed E-state index contributed by atoms with van der Waals surface area (Å²) < 4.78 is 0.918. The third-order valence-corrected chi connectivity index (χ3v) is 7.34. The molecule has 1 aromatic heterocycles. The van der Waals surface area contributed by atoms with Gasteiger partial charge in [0.15, 0.2) is 5.11 Å². The first kappa shape index (κ1) is 21.0. The van der Waals surface area contributed by atoms with Gasteiger partial charge in [0, 0.05) is 14.9 Å². The maximum Gasteiger partial charge on any atom is 0.258 e. The quantitative estimate of drug-likeness (QED) is 0.341. The van der Waals surface area contributed by atoms with Crippen LogP contribution in [0.25, 0.3) is 10.8 Å². The van der Waals surface area contributed by atoms with Crippen LogP contribution in [0.1, 0.15) is 50.4 Å². The van der Waals surface area contributed by atoms with Gasteiger partial charge in [-0.2, -0.15) is 0 Å². The molecule has 0 spiro atoms. The number of nitrogens with one attached hydrogen (secondary N) is 2. The number of carbonyl (C=O) groups excluding carboxylic acids is 2. The molecule has 2 amide bonds. The second-order valence-corrected chi connectivity index (χ2v) is 9.55. The van der Waals surface area contributed by atoms with Crippen LogP contribution in [-0.4, -0.2) is 16.9 Å². The number of fused-ring (bicyclic) bond motifs is 2. The molecule has 154 valence electrons. The van der Waals surface area contributed by atoms with Crippen molar-refractivity contribution in [1.29, 1.82) is 0 Å². The van der Waals surface area contributed by atoms with Gasteiger partial charge in [-0.1, -0.05) is 46.6 Å². The number of aryl methyl sites for hydroxylation is 1. The molecular weight excluding hydrogens is 482 g/mol.